The number of aliphatic hydroxyl groups is 3. The first-order chi connectivity index (χ1) is 27.8. The number of rotatable bonds is 39. The molecular weight excluding hydrogens is 757 g/mol. The Balaban J connectivity index is 4.64. The zero-order valence-corrected chi connectivity index (χ0v) is 37.7. The van der Waals surface area contributed by atoms with Gasteiger partial charge in [-0.25, -0.2) is 0 Å². The summed E-state index contributed by atoms with van der Waals surface area (Å²) in [5.41, 5.74) is 0. The van der Waals surface area contributed by atoms with Crippen LogP contribution in [-0.2, 0) is 27.9 Å². The van der Waals surface area contributed by atoms with E-state index in [4.69, 9.17) is 18.5 Å². The monoisotopic (exact) mass is 840 g/mol. The van der Waals surface area contributed by atoms with Gasteiger partial charge < -0.3 is 43.2 Å². The van der Waals surface area contributed by atoms with Crippen molar-refractivity contribution in [2.75, 3.05) is 47.5 Å². The number of carbonyl (C=O) groups excluding carboxylic acids is 1. The third-order valence-corrected chi connectivity index (χ3v) is 10.1. The van der Waals surface area contributed by atoms with Crippen LogP contribution in [0.4, 0.5) is 0 Å². The van der Waals surface area contributed by atoms with E-state index in [0.29, 0.717) is 11.0 Å². The zero-order chi connectivity index (χ0) is 43.2. The van der Waals surface area contributed by atoms with E-state index in [1.807, 2.05) is 33.3 Å². The van der Waals surface area contributed by atoms with E-state index in [0.717, 1.165) is 51.4 Å². The van der Waals surface area contributed by atoms with E-state index in [-0.39, 0.29) is 32.5 Å². The van der Waals surface area contributed by atoms with Crippen LogP contribution in [0.2, 0.25) is 0 Å². The molecule has 0 aliphatic carbocycles. The number of nitrogens with zero attached hydrogens (tertiary/aromatic N) is 1. The first kappa shape index (κ1) is 55.7. The van der Waals surface area contributed by atoms with E-state index < -0.39 is 44.8 Å². The highest BCUT2D eigenvalue weighted by molar-refractivity contribution is 7.45. The lowest BCUT2D eigenvalue weighted by atomic mass is 10.1. The molecule has 0 fully saturated rings. The molecule has 11 nitrogen and oxygen atoms in total. The lowest BCUT2D eigenvalue weighted by Crippen LogP contribution is -2.37. The van der Waals surface area contributed by atoms with Crippen molar-refractivity contribution in [3.63, 3.8) is 0 Å². The van der Waals surface area contributed by atoms with Crippen LogP contribution in [0, 0.1) is 0 Å². The summed E-state index contributed by atoms with van der Waals surface area (Å²) >= 11 is 0. The molecule has 0 saturated carbocycles. The summed E-state index contributed by atoms with van der Waals surface area (Å²) in [6.07, 6.45) is 38.1. The number of hydrogen-bond acceptors (Lipinski definition) is 10. The van der Waals surface area contributed by atoms with Crippen LogP contribution >= 0.6 is 7.82 Å². The van der Waals surface area contributed by atoms with Gasteiger partial charge in [0.05, 0.1) is 52.3 Å². The van der Waals surface area contributed by atoms with Gasteiger partial charge in [0.25, 0.3) is 7.82 Å². The molecule has 3 N–H and O–H groups in total. The number of unbranched alkanes of at least 4 members (excludes halogenated alkanes) is 13. The van der Waals surface area contributed by atoms with Gasteiger partial charge in [0.1, 0.15) is 19.8 Å². The normalized spacial score (nSPS) is 16.0. The van der Waals surface area contributed by atoms with Crippen LogP contribution in [0.25, 0.3) is 0 Å². The molecule has 336 valence electrons. The van der Waals surface area contributed by atoms with Gasteiger partial charge in [0, 0.05) is 6.42 Å². The predicted molar refractivity (Wildman–Crippen MR) is 235 cm³/mol. The van der Waals surface area contributed by atoms with Crippen LogP contribution in [-0.4, -0.2) is 97.7 Å². The number of ether oxygens (including phenoxy) is 2. The molecule has 0 radical (unpaired) electrons. The van der Waals surface area contributed by atoms with Gasteiger partial charge in [0.15, 0.2) is 6.10 Å². The van der Waals surface area contributed by atoms with Crippen LogP contribution in [0.3, 0.4) is 0 Å². The van der Waals surface area contributed by atoms with Gasteiger partial charge in [-0.1, -0.05) is 139 Å². The summed E-state index contributed by atoms with van der Waals surface area (Å²) in [6, 6.07) is 0. The smallest absolute Gasteiger partial charge is 0.305 e. The van der Waals surface area contributed by atoms with Gasteiger partial charge in [-0.05, 0) is 63.9 Å². The van der Waals surface area contributed by atoms with Crippen molar-refractivity contribution in [3.05, 3.63) is 73.1 Å². The molecule has 0 aliphatic heterocycles. The highest BCUT2D eigenvalue weighted by atomic mass is 31.2. The molecule has 0 aromatic carbocycles. The van der Waals surface area contributed by atoms with Crippen LogP contribution in [0.15, 0.2) is 73.1 Å². The van der Waals surface area contributed by atoms with E-state index in [9.17, 15) is 29.6 Å². The molecule has 58 heavy (non-hydrogen) atoms. The Bertz CT molecular complexity index is 1210. The summed E-state index contributed by atoms with van der Waals surface area (Å²) < 4.78 is 34.1. The Morgan fingerprint density at radius 1 is 0.672 bits per heavy atom. The van der Waals surface area contributed by atoms with E-state index in [1.54, 1.807) is 36.5 Å². The highest BCUT2D eigenvalue weighted by Crippen LogP contribution is 2.38. The third kappa shape index (κ3) is 39.1. The summed E-state index contributed by atoms with van der Waals surface area (Å²) in [5, 5.41) is 30.5. The standard InChI is InChI=1S/C46H82NO10P/c1-6-8-10-11-12-13-14-15-16-17-18-19-20-23-26-30-38-54-43(41-57-58(52,53)56-39-37-47(3,4)5)40-55-46(51)36-31-35-45(50)44(49)34-29-25-22-21-24-28-33-42(48)32-27-9-7-2/h13-14,21-22,24-25,28-30,33-34,38,42-45,48-50H,6-12,15-20,23,26-27,31-32,35-37,39-41H2,1-5H3/b14-13-,24-21-,25-22+,33-28+,34-29+,38-30+/t42-,43-,44-,45-/m1/s1. The van der Waals surface area contributed by atoms with Crippen molar-refractivity contribution in [3.8, 4) is 0 Å². The number of quaternary nitrogens is 1. The number of allylic oxidation sites excluding steroid dienone is 9. The Morgan fingerprint density at radius 3 is 1.84 bits per heavy atom. The number of phosphoric acid groups is 1. The van der Waals surface area contributed by atoms with Crippen molar-refractivity contribution in [1.29, 1.82) is 0 Å². The summed E-state index contributed by atoms with van der Waals surface area (Å²) in [7, 11) is 1.16. The van der Waals surface area contributed by atoms with Crippen LogP contribution < -0.4 is 4.89 Å². The van der Waals surface area contributed by atoms with Gasteiger partial charge in [-0.15, -0.1) is 0 Å². The minimum absolute atomic E-state index is 0.00747. The lowest BCUT2D eigenvalue weighted by Gasteiger charge is -2.28. The largest absolute Gasteiger partial charge is 0.756 e. The lowest BCUT2D eigenvalue weighted by molar-refractivity contribution is -0.870. The van der Waals surface area contributed by atoms with Crippen molar-refractivity contribution in [2.24, 2.45) is 0 Å². The number of esters is 1. The van der Waals surface area contributed by atoms with Gasteiger partial charge in [-0.3, -0.25) is 9.36 Å². The fourth-order valence-corrected chi connectivity index (χ4v) is 6.22. The van der Waals surface area contributed by atoms with Gasteiger partial charge in [0.2, 0.25) is 0 Å². The van der Waals surface area contributed by atoms with Gasteiger partial charge >= 0.3 is 5.97 Å². The molecule has 5 atom stereocenters. The van der Waals surface area contributed by atoms with Crippen LogP contribution in [0.5, 0.6) is 0 Å². The number of carbonyl (C=O) groups is 1. The van der Waals surface area contributed by atoms with Crippen molar-refractivity contribution >= 4 is 13.8 Å². The molecule has 0 saturated heterocycles. The minimum Gasteiger partial charge on any atom is -0.756 e. The molecular formula is C46H82NO10P. The Morgan fingerprint density at radius 2 is 1.22 bits per heavy atom. The fraction of sp³-hybridized carbons (Fsp3) is 0.717. The van der Waals surface area contributed by atoms with Crippen LogP contribution in [0.1, 0.15) is 142 Å². The van der Waals surface area contributed by atoms with Crippen molar-refractivity contribution < 1.29 is 52.6 Å². The molecule has 0 amide bonds. The average molecular weight is 840 g/mol. The summed E-state index contributed by atoms with van der Waals surface area (Å²) in [6.45, 7) is 4.17. The predicted octanol–water partition coefficient (Wildman–Crippen LogP) is 9.34. The molecule has 0 aromatic rings. The van der Waals surface area contributed by atoms with E-state index in [2.05, 4.69) is 26.0 Å². The molecule has 0 aliphatic rings. The quantitative estimate of drug-likeness (QED) is 0.0104. The number of likely N-dealkylation sites (N-methyl/N-ethyl adjacent to an activating group) is 1. The number of hydrogen-bond donors (Lipinski definition) is 3. The zero-order valence-electron chi connectivity index (χ0n) is 36.8. The maximum absolute atomic E-state index is 12.5. The molecule has 12 heteroatoms. The van der Waals surface area contributed by atoms with E-state index in [1.165, 1.54) is 70.1 Å². The molecule has 0 heterocycles. The summed E-state index contributed by atoms with van der Waals surface area (Å²) in [5.74, 6) is -0.546. The fourth-order valence-electron chi connectivity index (χ4n) is 5.50. The Kier molecular flexibility index (Phi) is 36.1. The molecule has 1 unspecified atom stereocenters. The highest BCUT2D eigenvalue weighted by Gasteiger charge is 2.20. The van der Waals surface area contributed by atoms with E-state index >= 15 is 0 Å². The molecule has 0 bridgehead atoms. The third-order valence-electron chi connectivity index (χ3n) is 9.19. The SMILES string of the molecule is CCCCCC/C=C\CCCCCCCC/C=C/O[C@H](COC(=O)CCC[C@@H](O)[C@H](O)/C=C/C=C/C=C\C=C\[C@H](O)CCCCC)COP(=O)([O-])OCC[N+](C)(C)C. The molecule has 0 spiro atoms. The Hall–Kier alpha value is -2.34. The molecule has 0 rings (SSSR count). The Labute approximate surface area is 352 Å². The molecule has 0 aromatic heterocycles. The van der Waals surface area contributed by atoms with Crippen molar-refractivity contribution in [2.45, 2.75) is 167 Å². The number of aliphatic hydroxyl groups excluding tert-OH is 3. The maximum Gasteiger partial charge on any atom is 0.305 e. The van der Waals surface area contributed by atoms with Gasteiger partial charge in [-0.2, -0.15) is 0 Å². The first-order valence-corrected chi connectivity index (χ1v) is 23.5. The first-order valence-electron chi connectivity index (χ1n) is 22.0. The van der Waals surface area contributed by atoms with Crippen molar-refractivity contribution in [1.82, 2.24) is 0 Å². The minimum atomic E-state index is -4.60. The average Bonchev–Trinajstić information content (AvgIpc) is 3.17. The number of phosphoric ester groups is 1. The second-order valence-corrected chi connectivity index (χ2v) is 17.4. The summed E-state index contributed by atoms with van der Waals surface area (Å²) in [4.78, 5) is 24.9. The maximum atomic E-state index is 12.5. The second kappa shape index (κ2) is 37.6. The second-order valence-electron chi connectivity index (χ2n) is 16.0. The topological polar surface area (TPSA) is 155 Å².